The van der Waals surface area contributed by atoms with E-state index in [1.54, 1.807) is 4.90 Å². The molecule has 1 unspecified atom stereocenters. The summed E-state index contributed by atoms with van der Waals surface area (Å²) in [6, 6.07) is 5.35. The van der Waals surface area contributed by atoms with E-state index in [0.717, 1.165) is 24.0 Å². The summed E-state index contributed by atoms with van der Waals surface area (Å²) in [4.78, 5) is 38.4. The fourth-order valence-corrected chi connectivity index (χ4v) is 3.65. The van der Waals surface area contributed by atoms with Crippen LogP contribution in [0.2, 0.25) is 0 Å². The van der Waals surface area contributed by atoms with Gasteiger partial charge in [0.2, 0.25) is 5.91 Å². The van der Waals surface area contributed by atoms with E-state index in [2.05, 4.69) is 18.8 Å². The van der Waals surface area contributed by atoms with Gasteiger partial charge in [-0.2, -0.15) is 0 Å². The zero-order valence-corrected chi connectivity index (χ0v) is 15.3. The highest BCUT2D eigenvalue weighted by Gasteiger charge is 2.37. The topological polar surface area (TPSA) is 66.5 Å². The van der Waals surface area contributed by atoms with E-state index in [9.17, 15) is 14.4 Å². The average Bonchev–Trinajstić information content (AvgIpc) is 2.94. The van der Waals surface area contributed by atoms with E-state index in [0.29, 0.717) is 55.7 Å². The van der Waals surface area contributed by atoms with Crippen LogP contribution in [0, 0.1) is 0 Å². The second-order valence-corrected chi connectivity index (χ2v) is 7.21. The van der Waals surface area contributed by atoms with Crippen molar-refractivity contribution in [2.75, 3.05) is 0 Å². The van der Waals surface area contributed by atoms with Crippen LogP contribution in [0.3, 0.4) is 0 Å². The molecule has 1 N–H and O–H groups in total. The Bertz CT molecular complexity index is 754. The highest BCUT2D eigenvalue weighted by Crippen LogP contribution is 2.29. The molecule has 0 radical (unpaired) electrons. The number of fused-ring (bicyclic) bond motifs is 1. The molecular weight excluding hydrogens is 328 g/mol. The van der Waals surface area contributed by atoms with Gasteiger partial charge in [0.05, 0.1) is 0 Å². The number of rotatable bonds is 7. The molecule has 2 aliphatic heterocycles. The summed E-state index contributed by atoms with van der Waals surface area (Å²) >= 11 is 0. The number of benzene rings is 1. The molecule has 5 nitrogen and oxygen atoms in total. The number of Topliss-reactive ketones (excluding diaryl/α,β-unsaturated/α-hetero) is 1. The molecule has 1 atom stereocenters. The zero-order valence-electron chi connectivity index (χ0n) is 15.3. The Kier molecular flexibility index (Phi) is 5.55. The maximum atomic E-state index is 12.7. The van der Waals surface area contributed by atoms with Crippen molar-refractivity contribution >= 4 is 17.6 Å². The summed E-state index contributed by atoms with van der Waals surface area (Å²) in [6.45, 7) is 6.32. The first-order valence-electron chi connectivity index (χ1n) is 9.42. The smallest absolute Gasteiger partial charge is 0.255 e. The van der Waals surface area contributed by atoms with Gasteiger partial charge in [0.1, 0.15) is 11.8 Å². The summed E-state index contributed by atoms with van der Waals surface area (Å²) in [5.74, 6) is 0.0616. The van der Waals surface area contributed by atoms with Crippen molar-refractivity contribution in [1.82, 2.24) is 10.2 Å². The van der Waals surface area contributed by atoms with Crippen LogP contribution >= 0.6 is 0 Å². The Labute approximate surface area is 154 Å². The molecule has 0 saturated carbocycles. The Hall–Kier alpha value is -2.43. The van der Waals surface area contributed by atoms with Crippen molar-refractivity contribution in [3.63, 3.8) is 0 Å². The predicted octanol–water partition coefficient (Wildman–Crippen LogP) is 3.13. The minimum atomic E-state index is -0.431. The van der Waals surface area contributed by atoms with Gasteiger partial charge in [-0.15, -0.1) is 0 Å². The summed E-state index contributed by atoms with van der Waals surface area (Å²) in [6.07, 6.45) is 5.19. The molecule has 1 fully saturated rings. The third-order valence-corrected chi connectivity index (χ3v) is 5.20. The van der Waals surface area contributed by atoms with Gasteiger partial charge < -0.3 is 10.2 Å². The predicted molar refractivity (Wildman–Crippen MR) is 99.5 cm³/mol. The molecule has 0 bridgehead atoms. The SMILES string of the molecule is C=C1CCC(N2Cc3cc(CCC(=O)CCCC)ccc3C2=O)C(=O)N1. The number of nitrogens with zero attached hydrogens (tertiary/aromatic N) is 1. The lowest BCUT2D eigenvalue weighted by molar-refractivity contribution is -0.126. The maximum Gasteiger partial charge on any atom is 0.255 e. The van der Waals surface area contributed by atoms with E-state index >= 15 is 0 Å². The number of ketones is 1. The highest BCUT2D eigenvalue weighted by molar-refractivity contribution is 6.01. The quantitative estimate of drug-likeness (QED) is 0.818. The number of aryl methyl sites for hydroxylation is 1. The lowest BCUT2D eigenvalue weighted by Gasteiger charge is -2.30. The Morgan fingerprint density at radius 2 is 2.12 bits per heavy atom. The van der Waals surface area contributed by atoms with Crippen LogP contribution in [0.5, 0.6) is 0 Å². The van der Waals surface area contributed by atoms with Crippen LogP contribution < -0.4 is 5.32 Å². The molecule has 1 aromatic rings. The minimum absolute atomic E-state index is 0.0850. The van der Waals surface area contributed by atoms with E-state index in [4.69, 9.17) is 0 Å². The van der Waals surface area contributed by atoms with E-state index in [-0.39, 0.29) is 11.8 Å². The molecule has 26 heavy (non-hydrogen) atoms. The van der Waals surface area contributed by atoms with Crippen LogP contribution in [0.15, 0.2) is 30.5 Å². The van der Waals surface area contributed by atoms with Gasteiger partial charge in [-0.25, -0.2) is 0 Å². The number of nitrogens with one attached hydrogen (secondary N) is 1. The lowest BCUT2D eigenvalue weighted by Crippen LogP contribution is -2.49. The van der Waals surface area contributed by atoms with Crippen LogP contribution in [0.4, 0.5) is 0 Å². The minimum Gasteiger partial charge on any atom is -0.329 e. The number of hydrogen-bond acceptors (Lipinski definition) is 3. The number of allylic oxidation sites excluding steroid dienone is 1. The van der Waals surface area contributed by atoms with Gasteiger partial charge in [-0.3, -0.25) is 14.4 Å². The second-order valence-electron chi connectivity index (χ2n) is 7.21. The zero-order chi connectivity index (χ0) is 18.7. The van der Waals surface area contributed by atoms with Crippen molar-refractivity contribution in [1.29, 1.82) is 0 Å². The molecule has 0 aromatic heterocycles. The molecule has 3 rings (SSSR count). The maximum absolute atomic E-state index is 12.7. The fraction of sp³-hybridized carbons (Fsp3) is 0.476. The number of carbonyl (C=O) groups excluding carboxylic acids is 3. The first-order chi connectivity index (χ1) is 12.5. The molecule has 2 heterocycles. The molecule has 2 amide bonds. The molecular formula is C21H26N2O3. The molecule has 1 saturated heterocycles. The van der Waals surface area contributed by atoms with Crippen LogP contribution in [-0.4, -0.2) is 28.5 Å². The van der Waals surface area contributed by atoms with Gasteiger partial charge in [0.15, 0.2) is 0 Å². The third-order valence-electron chi connectivity index (χ3n) is 5.20. The lowest BCUT2D eigenvalue weighted by atomic mass is 10.0. The van der Waals surface area contributed by atoms with Gasteiger partial charge in [-0.1, -0.05) is 32.1 Å². The first kappa shape index (κ1) is 18.4. The van der Waals surface area contributed by atoms with Crippen LogP contribution in [0.25, 0.3) is 0 Å². The average molecular weight is 354 g/mol. The van der Waals surface area contributed by atoms with Gasteiger partial charge >= 0.3 is 0 Å². The van der Waals surface area contributed by atoms with Crippen molar-refractivity contribution in [2.45, 2.75) is 64.5 Å². The van der Waals surface area contributed by atoms with Gasteiger partial charge in [-0.05, 0) is 42.9 Å². The van der Waals surface area contributed by atoms with E-state index < -0.39 is 6.04 Å². The van der Waals surface area contributed by atoms with Crippen molar-refractivity contribution in [3.05, 3.63) is 47.2 Å². The molecule has 138 valence electrons. The van der Waals surface area contributed by atoms with Gasteiger partial charge in [0, 0.05) is 30.6 Å². The van der Waals surface area contributed by atoms with E-state index in [1.165, 1.54) is 0 Å². The summed E-state index contributed by atoms with van der Waals surface area (Å²) in [5, 5.41) is 2.75. The number of piperidine rings is 1. The summed E-state index contributed by atoms with van der Waals surface area (Å²) < 4.78 is 0. The molecule has 1 aromatic carbocycles. The number of amides is 2. The van der Waals surface area contributed by atoms with Crippen molar-refractivity contribution in [2.24, 2.45) is 0 Å². The molecule has 0 spiro atoms. The molecule has 0 aliphatic carbocycles. The third kappa shape index (κ3) is 3.87. The Balaban J connectivity index is 1.65. The largest absolute Gasteiger partial charge is 0.329 e. The summed E-state index contributed by atoms with van der Waals surface area (Å²) in [5.41, 5.74) is 3.41. The summed E-state index contributed by atoms with van der Waals surface area (Å²) in [7, 11) is 0. The first-order valence-corrected chi connectivity index (χ1v) is 9.42. The number of carbonyl (C=O) groups is 3. The normalized spacial score (nSPS) is 19.5. The Morgan fingerprint density at radius 1 is 1.31 bits per heavy atom. The number of unbranched alkanes of at least 4 members (excludes halogenated alkanes) is 1. The van der Waals surface area contributed by atoms with Crippen molar-refractivity contribution in [3.8, 4) is 0 Å². The second kappa shape index (κ2) is 7.85. The highest BCUT2D eigenvalue weighted by atomic mass is 16.2. The van der Waals surface area contributed by atoms with E-state index in [1.807, 2.05) is 18.2 Å². The molecule has 2 aliphatic rings. The molecule has 5 heteroatoms. The van der Waals surface area contributed by atoms with Crippen LogP contribution in [-0.2, 0) is 22.6 Å². The monoisotopic (exact) mass is 354 g/mol. The van der Waals surface area contributed by atoms with Crippen LogP contribution in [0.1, 0.15) is 66.9 Å². The van der Waals surface area contributed by atoms with Gasteiger partial charge in [0.25, 0.3) is 5.91 Å². The standard InChI is InChI=1S/C21H26N2O3/c1-3-4-5-17(24)9-7-15-8-10-18-16(12-15)13-23(21(18)26)19-11-6-14(2)22-20(19)25/h8,10,12,19H,2-7,9,11,13H2,1H3,(H,22,25). The fourth-order valence-electron chi connectivity index (χ4n) is 3.65. The Morgan fingerprint density at radius 3 is 2.85 bits per heavy atom. The van der Waals surface area contributed by atoms with Crippen molar-refractivity contribution < 1.29 is 14.4 Å². The number of hydrogen-bond donors (Lipinski definition) is 1.